The van der Waals surface area contributed by atoms with Crippen molar-refractivity contribution in [2.75, 3.05) is 0 Å². The van der Waals surface area contributed by atoms with E-state index in [-0.39, 0.29) is 5.56 Å². The van der Waals surface area contributed by atoms with Gasteiger partial charge in [-0.25, -0.2) is 14.8 Å². The molecule has 4 nitrogen and oxygen atoms in total. The lowest BCUT2D eigenvalue weighted by atomic mass is 10.2. The van der Waals surface area contributed by atoms with Crippen LogP contribution in [0.1, 0.15) is 10.4 Å². The quantitative estimate of drug-likeness (QED) is 0.883. The zero-order valence-corrected chi connectivity index (χ0v) is 10.9. The molecule has 0 spiro atoms. The number of hydrogen-bond donors (Lipinski definition) is 1. The fraction of sp³-hybridized carbons (Fsp3) is 0. The number of halogens is 1. The smallest absolute Gasteiger partial charge is 0.336 e. The molecule has 0 bridgehead atoms. The van der Waals surface area contributed by atoms with E-state index in [1.807, 2.05) is 0 Å². The average Bonchev–Trinajstić information content (AvgIpc) is 2.30. The van der Waals surface area contributed by atoms with Crippen LogP contribution in [0.3, 0.4) is 0 Å². The van der Waals surface area contributed by atoms with Crippen LogP contribution >= 0.6 is 27.7 Å². The molecule has 1 heterocycles. The molecule has 0 aliphatic rings. The Bertz CT molecular complexity index is 548. The monoisotopic (exact) mass is 310 g/mol. The van der Waals surface area contributed by atoms with Gasteiger partial charge >= 0.3 is 5.97 Å². The number of rotatable bonds is 3. The van der Waals surface area contributed by atoms with Crippen LogP contribution in [0.4, 0.5) is 0 Å². The van der Waals surface area contributed by atoms with Gasteiger partial charge in [0.1, 0.15) is 0 Å². The van der Waals surface area contributed by atoms with Crippen molar-refractivity contribution in [3.63, 3.8) is 0 Å². The Hall–Kier alpha value is -1.40. The molecule has 2 aromatic rings. The summed E-state index contributed by atoms with van der Waals surface area (Å²) in [7, 11) is 0. The molecular weight excluding hydrogens is 304 g/mol. The van der Waals surface area contributed by atoms with Crippen molar-refractivity contribution in [3.05, 3.63) is 46.7 Å². The van der Waals surface area contributed by atoms with E-state index in [9.17, 15) is 4.79 Å². The predicted molar refractivity (Wildman–Crippen MR) is 67.3 cm³/mol. The predicted octanol–water partition coefficient (Wildman–Crippen LogP) is 3.09. The van der Waals surface area contributed by atoms with E-state index in [0.717, 1.165) is 4.47 Å². The topological polar surface area (TPSA) is 63.1 Å². The van der Waals surface area contributed by atoms with Crippen molar-refractivity contribution in [2.45, 2.75) is 10.1 Å². The van der Waals surface area contributed by atoms with Gasteiger partial charge < -0.3 is 5.11 Å². The molecule has 17 heavy (non-hydrogen) atoms. The van der Waals surface area contributed by atoms with E-state index >= 15 is 0 Å². The second-order valence-corrected chi connectivity index (χ2v) is 5.00. The van der Waals surface area contributed by atoms with Crippen LogP contribution in [0.15, 0.2) is 51.2 Å². The number of benzene rings is 1. The van der Waals surface area contributed by atoms with Crippen LogP contribution in [0.25, 0.3) is 0 Å². The molecule has 0 fully saturated rings. The van der Waals surface area contributed by atoms with Crippen LogP contribution in [-0.2, 0) is 0 Å². The molecular formula is C11H7BrN2O2S. The molecule has 0 aliphatic heterocycles. The summed E-state index contributed by atoms with van der Waals surface area (Å²) in [5.41, 5.74) is 0.241. The summed E-state index contributed by atoms with van der Waals surface area (Å²) >= 11 is 4.54. The number of hydrogen-bond acceptors (Lipinski definition) is 4. The Balaban J connectivity index is 2.37. The zero-order chi connectivity index (χ0) is 12.3. The maximum absolute atomic E-state index is 11.1. The fourth-order valence-electron chi connectivity index (χ4n) is 1.19. The summed E-state index contributed by atoms with van der Waals surface area (Å²) in [6.07, 6.45) is 3.24. The molecule has 0 amide bonds. The molecule has 0 saturated heterocycles. The van der Waals surface area contributed by atoms with Crippen LogP contribution < -0.4 is 0 Å². The van der Waals surface area contributed by atoms with E-state index in [1.54, 1.807) is 36.7 Å². The first-order chi connectivity index (χ1) is 8.16. The number of carbonyl (C=O) groups is 1. The minimum atomic E-state index is -0.962. The van der Waals surface area contributed by atoms with E-state index in [2.05, 4.69) is 25.9 Å². The normalized spacial score (nSPS) is 10.2. The van der Waals surface area contributed by atoms with Gasteiger partial charge in [0.25, 0.3) is 0 Å². The molecule has 2 rings (SSSR count). The fourth-order valence-corrected chi connectivity index (χ4v) is 2.58. The Kier molecular flexibility index (Phi) is 3.75. The van der Waals surface area contributed by atoms with Crippen molar-refractivity contribution in [1.29, 1.82) is 0 Å². The maximum atomic E-state index is 11.1. The Morgan fingerprint density at radius 1 is 1.29 bits per heavy atom. The average molecular weight is 311 g/mol. The summed E-state index contributed by atoms with van der Waals surface area (Å²) in [6.45, 7) is 0. The van der Waals surface area contributed by atoms with Gasteiger partial charge in [0.2, 0.25) is 0 Å². The summed E-state index contributed by atoms with van der Waals surface area (Å²) in [6, 6.07) is 6.70. The van der Waals surface area contributed by atoms with Crippen molar-refractivity contribution in [3.8, 4) is 0 Å². The van der Waals surface area contributed by atoms with Crippen LogP contribution in [0, 0.1) is 0 Å². The highest BCUT2D eigenvalue weighted by Gasteiger charge is 2.12. The molecule has 1 N–H and O–H groups in total. The highest BCUT2D eigenvalue weighted by atomic mass is 79.9. The summed E-state index contributed by atoms with van der Waals surface area (Å²) in [5.74, 6) is -0.962. The highest BCUT2D eigenvalue weighted by Crippen LogP contribution is 2.30. The standard InChI is InChI=1S/C11H7BrN2O2S/c12-7-2-3-8(10(15)16)9(6-7)17-11-13-4-1-5-14-11/h1-6H,(H,15,16). The van der Waals surface area contributed by atoms with Gasteiger partial charge in [0, 0.05) is 21.8 Å². The van der Waals surface area contributed by atoms with E-state index in [4.69, 9.17) is 5.11 Å². The number of carboxylic acid groups (broad SMARTS) is 1. The van der Waals surface area contributed by atoms with Crippen LogP contribution in [0.5, 0.6) is 0 Å². The largest absolute Gasteiger partial charge is 0.478 e. The molecule has 0 radical (unpaired) electrons. The molecule has 0 aliphatic carbocycles. The van der Waals surface area contributed by atoms with E-state index < -0.39 is 5.97 Å². The second kappa shape index (κ2) is 5.29. The SMILES string of the molecule is O=C(O)c1ccc(Br)cc1Sc1ncccn1. The molecule has 0 saturated carbocycles. The summed E-state index contributed by atoms with van der Waals surface area (Å²) < 4.78 is 0.820. The van der Waals surface area contributed by atoms with Gasteiger partial charge in [-0.05, 0) is 36.0 Å². The van der Waals surface area contributed by atoms with Gasteiger partial charge in [0.15, 0.2) is 5.16 Å². The lowest BCUT2D eigenvalue weighted by Crippen LogP contribution is -1.99. The lowest BCUT2D eigenvalue weighted by Gasteiger charge is -2.04. The third-order valence-electron chi connectivity index (χ3n) is 1.92. The number of carboxylic acids is 1. The molecule has 0 unspecified atom stereocenters. The van der Waals surface area contributed by atoms with Crippen LogP contribution in [0.2, 0.25) is 0 Å². The van der Waals surface area contributed by atoms with Gasteiger partial charge in [-0.1, -0.05) is 15.9 Å². The number of aromatic nitrogens is 2. The summed E-state index contributed by atoms with van der Waals surface area (Å²) in [4.78, 5) is 19.8. The van der Waals surface area contributed by atoms with Gasteiger partial charge in [-0.2, -0.15) is 0 Å². The van der Waals surface area contributed by atoms with Crippen molar-refractivity contribution in [2.24, 2.45) is 0 Å². The second-order valence-electron chi connectivity index (χ2n) is 3.08. The third-order valence-corrected chi connectivity index (χ3v) is 3.36. The van der Waals surface area contributed by atoms with Gasteiger partial charge in [0.05, 0.1) is 5.56 Å². The highest BCUT2D eigenvalue weighted by molar-refractivity contribution is 9.10. The summed E-state index contributed by atoms with van der Waals surface area (Å²) in [5, 5.41) is 9.59. The Labute approximate surface area is 110 Å². The van der Waals surface area contributed by atoms with Gasteiger partial charge in [-0.15, -0.1) is 0 Å². The first-order valence-corrected chi connectivity index (χ1v) is 6.25. The first-order valence-electron chi connectivity index (χ1n) is 4.64. The number of aromatic carboxylic acids is 1. The van der Waals surface area contributed by atoms with E-state index in [0.29, 0.717) is 10.1 Å². The van der Waals surface area contributed by atoms with Crippen molar-refractivity contribution >= 4 is 33.7 Å². The number of nitrogens with zero attached hydrogens (tertiary/aromatic N) is 2. The minimum Gasteiger partial charge on any atom is -0.478 e. The molecule has 1 aromatic heterocycles. The van der Waals surface area contributed by atoms with E-state index in [1.165, 1.54) is 11.8 Å². The molecule has 86 valence electrons. The Morgan fingerprint density at radius 3 is 2.65 bits per heavy atom. The first kappa shape index (κ1) is 12.1. The third kappa shape index (κ3) is 3.04. The van der Waals surface area contributed by atoms with Crippen LogP contribution in [-0.4, -0.2) is 21.0 Å². The van der Waals surface area contributed by atoms with Crippen molar-refractivity contribution < 1.29 is 9.90 Å². The zero-order valence-electron chi connectivity index (χ0n) is 8.50. The minimum absolute atomic E-state index is 0.241. The molecule has 6 heteroatoms. The van der Waals surface area contributed by atoms with Crippen molar-refractivity contribution in [1.82, 2.24) is 9.97 Å². The van der Waals surface area contributed by atoms with Gasteiger partial charge in [-0.3, -0.25) is 0 Å². The Morgan fingerprint density at radius 2 is 2.00 bits per heavy atom. The molecule has 0 atom stereocenters. The lowest BCUT2D eigenvalue weighted by molar-refractivity contribution is 0.0693. The maximum Gasteiger partial charge on any atom is 0.336 e. The molecule has 1 aromatic carbocycles.